The molecule has 0 saturated carbocycles. The van der Waals surface area contributed by atoms with Crippen molar-refractivity contribution in [3.63, 3.8) is 0 Å². The molecule has 0 radical (unpaired) electrons. The Morgan fingerprint density at radius 3 is 2.28 bits per heavy atom. The topological polar surface area (TPSA) is 26.3 Å². The summed E-state index contributed by atoms with van der Waals surface area (Å²) in [6.07, 6.45) is 5.01. The highest BCUT2D eigenvalue weighted by Crippen LogP contribution is 2.21. The van der Waals surface area contributed by atoms with Crippen LogP contribution in [0.15, 0.2) is 6.07 Å². The number of ether oxygens (including phenoxy) is 1. The van der Waals surface area contributed by atoms with E-state index in [4.69, 9.17) is 6.42 Å². The fourth-order valence-corrected chi connectivity index (χ4v) is 1.07. The second-order valence-electron chi connectivity index (χ2n) is 3.89. The van der Waals surface area contributed by atoms with Crippen LogP contribution in [0.4, 0.5) is 17.6 Å². The number of esters is 1. The molecule has 0 N–H and O–H groups in total. The molecular weight excluding hydrogens is 252 g/mol. The molecule has 0 heterocycles. The van der Waals surface area contributed by atoms with E-state index in [2.05, 4.69) is 10.7 Å². The summed E-state index contributed by atoms with van der Waals surface area (Å²) in [5.74, 6) is -6.67. The van der Waals surface area contributed by atoms with E-state index in [1.165, 1.54) is 13.8 Å². The number of halogens is 4. The standard InChI is InChI=1S/C12H8F4O2/c1-4-12(2,3)18-11(17)8-6(13)5-7(14)9(15)10(8)16/h1,5H,2-3H3. The zero-order chi connectivity index (χ0) is 14.1. The van der Waals surface area contributed by atoms with Gasteiger partial charge in [-0.3, -0.25) is 0 Å². The summed E-state index contributed by atoms with van der Waals surface area (Å²) >= 11 is 0. The predicted octanol–water partition coefficient (Wildman–Crippen LogP) is 2.81. The fraction of sp³-hybridized carbons (Fsp3) is 0.250. The third kappa shape index (κ3) is 2.62. The van der Waals surface area contributed by atoms with Crippen molar-refractivity contribution in [2.75, 3.05) is 0 Å². The maximum atomic E-state index is 13.2. The molecule has 0 spiro atoms. The van der Waals surface area contributed by atoms with E-state index in [-0.39, 0.29) is 6.07 Å². The molecule has 1 aromatic carbocycles. The minimum Gasteiger partial charge on any atom is -0.443 e. The van der Waals surface area contributed by atoms with Crippen molar-refractivity contribution in [1.82, 2.24) is 0 Å². The van der Waals surface area contributed by atoms with Crippen LogP contribution in [0.2, 0.25) is 0 Å². The lowest BCUT2D eigenvalue weighted by atomic mass is 10.1. The van der Waals surface area contributed by atoms with Crippen molar-refractivity contribution in [2.45, 2.75) is 19.4 Å². The molecule has 0 fully saturated rings. The minimum absolute atomic E-state index is 0.0535. The number of rotatable bonds is 2. The van der Waals surface area contributed by atoms with Gasteiger partial charge in [0.25, 0.3) is 0 Å². The summed E-state index contributed by atoms with van der Waals surface area (Å²) in [6.45, 7) is 2.58. The van der Waals surface area contributed by atoms with Crippen molar-refractivity contribution < 1.29 is 27.1 Å². The molecule has 0 bridgehead atoms. The summed E-state index contributed by atoms with van der Waals surface area (Å²) in [6, 6.07) is 0.0535. The summed E-state index contributed by atoms with van der Waals surface area (Å²) in [4.78, 5) is 11.4. The fourth-order valence-electron chi connectivity index (χ4n) is 1.07. The molecule has 0 amide bonds. The van der Waals surface area contributed by atoms with Gasteiger partial charge in [0, 0.05) is 6.07 Å². The molecule has 0 aliphatic heterocycles. The average molecular weight is 260 g/mol. The maximum absolute atomic E-state index is 13.2. The van der Waals surface area contributed by atoms with Gasteiger partial charge in [-0.1, -0.05) is 5.92 Å². The smallest absolute Gasteiger partial charge is 0.345 e. The van der Waals surface area contributed by atoms with Crippen LogP contribution in [0.5, 0.6) is 0 Å². The molecule has 0 atom stereocenters. The van der Waals surface area contributed by atoms with E-state index >= 15 is 0 Å². The van der Waals surface area contributed by atoms with Gasteiger partial charge in [0.05, 0.1) is 0 Å². The monoisotopic (exact) mass is 260 g/mol. The van der Waals surface area contributed by atoms with Gasteiger partial charge in [-0.25, -0.2) is 22.4 Å². The molecule has 96 valence electrons. The Kier molecular flexibility index (Phi) is 3.65. The first kappa shape index (κ1) is 14.0. The first-order valence-electron chi connectivity index (χ1n) is 4.73. The van der Waals surface area contributed by atoms with Crippen molar-refractivity contribution in [3.8, 4) is 12.3 Å². The van der Waals surface area contributed by atoms with Crippen LogP contribution in [0.25, 0.3) is 0 Å². The lowest BCUT2D eigenvalue weighted by Gasteiger charge is -2.18. The van der Waals surface area contributed by atoms with Gasteiger partial charge >= 0.3 is 5.97 Å². The highest BCUT2D eigenvalue weighted by atomic mass is 19.2. The number of terminal acetylenes is 1. The van der Waals surface area contributed by atoms with Crippen molar-refractivity contribution in [2.24, 2.45) is 0 Å². The van der Waals surface area contributed by atoms with Gasteiger partial charge in [-0.05, 0) is 13.8 Å². The van der Waals surface area contributed by atoms with Crippen LogP contribution in [0.3, 0.4) is 0 Å². The van der Waals surface area contributed by atoms with Crippen LogP contribution >= 0.6 is 0 Å². The SMILES string of the molecule is C#CC(C)(C)OC(=O)c1c(F)cc(F)c(F)c1F. The minimum atomic E-state index is -1.96. The molecule has 1 rings (SSSR count). The van der Waals surface area contributed by atoms with E-state index in [1.54, 1.807) is 0 Å². The zero-order valence-corrected chi connectivity index (χ0v) is 9.48. The van der Waals surface area contributed by atoms with E-state index in [0.717, 1.165) is 0 Å². The lowest BCUT2D eigenvalue weighted by Crippen LogP contribution is -2.27. The Morgan fingerprint density at radius 1 is 1.22 bits per heavy atom. The average Bonchev–Trinajstić information content (AvgIpc) is 2.25. The highest BCUT2D eigenvalue weighted by molar-refractivity contribution is 5.90. The van der Waals surface area contributed by atoms with Gasteiger partial charge in [-0.15, -0.1) is 6.42 Å². The van der Waals surface area contributed by atoms with Crippen molar-refractivity contribution in [1.29, 1.82) is 0 Å². The van der Waals surface area contributed by atoms with Gasteiger partial charge < -0.3 is 4.74 Å². The molecule has 2 nitrogen and oxygen atoms in total. The summed E-state index contributed by atoms with van der Waals surface area (Å²) < 4.78 is 56.6. The Hall–Kier alpha value is -2.03. The third-order valence-corrected chi connectivity index (χ3v) is 2.01. The van der Waals surface area contributed by atoms with Gasteiger partial charge in [0.2, 0.25) is 0 Å². The molecule has 0 unspecified atom stereocenters. The molecule has 1 aromatic rings. The lowest BCUT2D eigenvalue weighted by molar-refractivity contribution is 0.0192. The van der Waals surface area contributed by atoms with Gasteiger partial charge in [0.1, 0.15) is 11.4 Å². The number of benzene rings is 1. The van der Waals surface area contributed by atoms with E-state index in [0.29, 0.717) is 0 Å². The number of hydrogen-bond acceptors (Lipinski definition) is 2. The summed E-state index contributed by atoms with van der Waals surface area (Å²) in [5, 5.41) is 0. The first-order chi connectivity index (χ1) is 8.19. The van der Waals surface area contributed by atoms with Crippen LogP contribution in [0.1, 0.15) is 24.2 Å². The zero-order valence-electron chi connectivity index (χ0n) is 9.48. The molecule has 18 heavy (non-hydrogen) atoms. The van der Waals surface area contributed by atoms with E-state index in [9.17, 15) is 22.4 Å². The van der Waals surface area contributed by atoms with E-state index < -0.39 is 40.4 Å². The molecule has 0 aliphatic rings. The van der Waals surface area contributed by atoms with Crippen LogP contribution in [-0.2, 0) is 4.74 Å². The number of hydrogen-bond donors (Lipinski definition) is 0. The Labute approximate surface area is 101 Å². The molecular formula is C12H8F4O2. The predicted molar refractivity (Wildman–Crippen MR) is 54.6 cm³/mol. The molecule has 0 aromatic heterocycles. The van der Waals surface area contributed by atoms with Crippen LogP contribution < -0.4 is 0 Å². The number of carbonyl (C=O) groups is 1. The molecule has 0 saturated heterocycles. The molecule has 0 aliphatic carbocycles. The largest absolute Gasteiger partial charge is 0.443 e. The highest BCUT2D eigenvalue weighted by Gasteiger charge is 2.29. The van der Waals surface area contributed by atoms with Gasteiger partial charge in [-0.2, -0.15) is 0 Å². The summed E-state index contributed by atoms with van der Waals surface area (Å²) in [7, 11) is 0. The summed E-state index contributed by atoms with van der Waals surface area (Å²) in [5.41, 5.74) is -2.75. The number of carbonyl (C=O) groups excluding carboxylic acids is 1. The first-order valence-corrected chi connectivity index (χ1v) is 4.73. The molecule has 6 heteroatoms. The second kappa shape index (κ2) is 4.69. The van der Waals surface area contributed by atoms with E-state index in [1.807, 2.05) is 0 Å². The Balaban J connectivity index is 3.24. The van der Waals surface area contributed by atoms with Crippen LogP contribution in [0, 0.1) is 35.6 Å². The quantitative estimate of drug-likeness (QED) is 0.269. The Bertz CT molecular complexity index is 544. The van der Waals surface area contributed by atoms with Crippen LogP contribution in [-0.4, -0.2) is 11.6 Å². The third-order valence-electron chi connectivity index (χ3n) is 2.01. The second-order valence-corrected chi connectivity index (χ2v) is 3.89. The Morgan fingerprint density at radius 2 is 1.78 bits per heavy atom. The maximum Gasteiger partial charge on any atom is 0.345 e. The van der Waals surface area contributed by atoms with Crippen molar-refractivity contribution >= 4 is 5.97 Å². The van der Waals surface area contributed by atoms with Gasteiger partial charge in [0.15, 0.2) is 23.1 Å². The van der Waals surface area contributed by atoms with Crippen molar-refractivity contribution in [3.05, 3.63) is 34.9 Å². The normalized spacial score (nSPS) is 10.9.